The standard InChI is InChI=1S/C18H30FNO2Si/c1-5-18(20-16(21)22-6-7-23(2,3)4)14-8-13-9-15(18)12-17(19,10-13)11-14/h5,13-15H,1,6-12H2,2-4H3,(H,20,21)/t13?,14-,15+,17-,18-. The van der Waals surface area contributed by atoms with Crippen LogP contribution in [0, 0.1) is 17.8 Å². The van der Waals surface area contributed by atoms with Crippen molar-refractivity contribution in [1.29, 1.82) is 0 Å². The number of alkyl halides is 1. The summed E-state index contributed by atoms with van der Waals surface area (Å²) in [6.07, 6.45) is 5.34. The molecule has 0 radical (unpaired) electrons. The maximum Gasteiger partial charge on any atom is 0.407 e. The minimum atomic E-state index is -1.21. The van der Waals surface area contributed by atoms with Crippen LogP contribution in [-0.2, 0) is 4.74 Å². The third-order valence-corrected chi connectivity index (χ3v) is 7.91. The molecule has 3 nitrogen and oxygen atoms in total. The third-order valence-electron chi connectivity index (χ3n) is 6.21. The topological polar surface area (TPSA) is 38.3 Å². The first-order valence-corrected chi connectivity index (χ1v) is 12.6. The molecule has 4 aliphatic carbocycles. The van der Waals surface area contributed by atoms with Gasteiger partial charge in [-0.05, 0) is 55.9 Å². The van der Waals surface area contributed by atoms with Crippen LogP contribution in [0.3, 0.4) is 0 Å². The first-order chi connectivity index (χ1) is 10.7. The summed E-state index contributed by atoms with van der Waals surface area (Å²) in [5.41, 5.74) is -1.48. The molecule has 4 rings (SSSR count). The number of amides is 1. The molecular formula is C18H30FNO2Si. The predicted octanol–water partition coefficient (Wildman–Crippen LogP) is 4.52. The highest BCUT2D eigenvalue weighted by Gasteiger charge is 2.62. The van der Waals surface area contributed by atoms with Gasteiger partial charge < -0.3 is 10.1 Å². The van der Waals surface area contributed by atoms with Gasteiger partial charge in [0.25, 0.3) is 0 Å². The molecule has 1 N–H and O–H groups in total. The molecule has 130 valence electrons. The van der Waals surface area contributed by atoms with E-state index in [-0.39, 0.29) is 17.9 Å². The van der Waals surface area contributed by atoms with Crippen molar-refractivity contribution < 1.29 is 13.9 Å². The highest BCUT2D eigenvalue weighted by molar-refractivity contribution is 6.76. The van der Waals surface area contributed by atoms with Crippen molar-refractivity contribution in [3.8, 4) is 0 Å². The van der Waals surface area contributed by atoms with Gasteiger partial charge in [0.1, 0.15) is 5.67 Å². The molecule has 0 aromatic rings. The Hall–Kier alpha value is -0.843. The van der Waals surface area contributed by atoms with Crippen molar-refractivity contribution in [3.63, 3.8) is 0 Å². The Morgan fingerprint density at radius 2 is 1.91 bits per heavy atom. The molecule has 4 bridgehead atoms. The second-order valence-corrected chi connectivity index (χ2v) is 14.8. The number of ether oxygens (including phenoxy) is 1. The molecule has 0 aromatic carbocycles. The Morgan fingerprint density at radius 3 is 2.39 bits per heavy atom. The molecule has 4 aliphatic rings. The van der Waals surface area contributed by atoms with Gasteiger partial charge in [-0.1, -0.05) is 25.7 Å². The van der Waals surface area contributed by atoms with Gasteiger partial charge in [0.2, 0.25) is 0 Å². The van der Waals surface area contributed by atoms with Gasteiger partial charge >= 0.3 is 6.09 Å². The first kappa shape index (κ1) is 17.0. The van der Waals surface area contributed by atoms with Crippen LogP contribution in [0.25, 0.3) is 0 Å². The van der Waals surface area contributed by atoms with Gasteiger partial charge in [0.15, 0.2) is 0 Å². The number of carbonyl (C=O) groups excluding carboxylic acids is 1. The van der Waals surface area contributed by atoms with Gasteiger partial charge in [-0.15, -0.1) is 6.58 Å². The summed E-state index contributed by atoms with van der Waals surface area (Å²) < 4.78 is 20.3. The molecule has 5 atom stereocenters. The van der Waals surface area contributed by atoms with Crippen molar-refractivity contribution >= 4 is 14.2 Å². The number of halogens is 1. The van der Waals surface area contributed by atoms with E-state index in [9.17, 15) is 9.18 Å². The van der Waals surface area contributed by atoms with Crippen molar-refractivity contribution in [2.24, 2.45) is 17.8 Å². The molecule has 0 aromatic heterocycles. The maximum atomic E-state index is 14.9. The van der Waals surface area contributed by atoms with Crippen LogP contribution in [0.15, 0.2) is 12.7 Å². The molecule has 0 aliphatic heterocycles. The molecule has 1 unspecified atom stereocenters. The van der Waals surface area contributed by atoms with E-state index >= 15 is 0 Å². The SMILES string of the molecule is C=C[C@@]1(NC(=O)OCC[Si](C)(C)C)[C@@H]2CC3C[C@H]1C[C@@](F)(C3)C2. The molecule has 23 heavy (non-hydrogen) atoms. The zero-order valence-electron chi connectivity index (χ0n) is 14.7. The molecule has 0 saturated heterocycles. The van der Waals surface area contributed by atoms with E-state index in [1.165, 1.54) is 0 Å². The Bertz CT molecular complexity index is 486. The fourth-order valence-electron chi connectivity index (χ4n) is 5.20. The number of rotatable bonds is 5. The summed E-state index contributed by atoms with van der Waals surface area (Å²) in [7, 11) is -1.21. The van der Waals surface area contributed by atoms with Crippen LogP contribution in [0.4, 0.5) is 9.18 Å². The Morgan fingerprint density at radius 1 is 1.30 bits per heavy atom. The van der Waals surface area contributed by atoms with E-state index < -0.39 is 19.3 Å². The van der Waals surface area contributed by atoms with Crippen molar-refractivity contribution in [1.82, 2.24) is 5.32 Å². The maximum absolute atomic E-state index is 14.9. The van der Waals surface area contributed by atoms with Crippen LogP contribution in [-0.4, -0.2) is 32.0 Å². The van der Waals surface area contributed by atoms with E-state index in [4.69, 9.17) is 4.74 Å². The molecule has 0 spiro atoms. The molecule has 1 amide bonds. The van der Waals surface area contributed by atoms with Gasteiger partial charge in [0.05, 0.1) is 12.1 Å². The lowest BCUT2D eigenvalue weighted by atomic mass is 9.47. The predicted molar refractivity (Wildman–Crippen MR) is 93.0 cm³/mol. The van der Waals surface area contributed by atoms with E-state index in [0.29, 0.717) is 31.8 Å². The van der Waals surface area contributed by atoms with E-state index in [1.807, 2.05) is 6.08 Å². The number of carbonyl (C=O) groups is 1. The van der Waals surface area contributed by atoms with Gasteiger partial charge in [-0.2, -0.15) is 0 Å². The van der Waals surface area contributed by atoms with Gasteiger partial charge in [0, 0.05) is 8.07 Å². The molecule has 0 heterocycles. The highest BCUT2D eigenvalue weighted by Crippen LogP contribution is 2.61. The second kappa shape index (κ2) is 5.61. The van der Waals surface area contributed by atoms with Crippen LogP contribution < -0.4 is 5.32 Å². The van der Waals surface area contributed by atoms with E-state index in [0.717, 1.165) is 18.9 Å². The number of alkyl carbamates (subject to hydrolysis) is 1. The minimum Gasteiger partial charge on any atom is -0.450 e. The molecule has 4 saturated carbocycles. The van der Waals surface area contributed by atoms with Crippen molar-refractivity contribution in [2.75, 3.05) is 6.61 Å². The summed E-state index contributed by atoms with van der Waals surface area (Å²) in [6, 6.07) is 0.962. The molecular weight excluding hydrogens is 309 g/mol. The van der Waals surface area contributed by atoms with Gasteiger partial charge in [-0.3, -0.25) is 0 Å². The average molecular weight is 340 g/mol. The second-order valence-electron chi connectivity index (χ2n) is 9.20. The lowest BCUT2D eigenvalue weighted by molar-refractivity contribution is -0.115. The zero-order chi connectivity index (χ0) is 16.9. The van der Waals surface area contributed by atoms with Crippen LogP contribution in [0.1, 0.15) is 32.1 Å². The average Bonchev–Trinajstić information content (AvgIpc) is 2.39. The summed E-state index contributed by atoms with van der Waals surface area (Å²) in [5, 5.41) is 3.10. The summed E-state index contributed by atoms with van der Waals surface area (Å²) in [6.45, 7) is 11.2. The quantitative estimate of drug-likeness (QED) is 0.590. The number of hydrogen-bond acceptors (Lipinski definition) is 2. The van der Waals surface area contributed by atoms with Crippen LogP contribution >= 0.6 is 0 Å². The summed E-state index contributed by atoms with van der Waals surface area (Å²) in [5.74, 6) is 0.817. The summed E-state index contributed by atoms with van der Waals surface area (Å²) >= 11 is 0. The van der Waals surface area contributed by atoms with Crippen LogP contribution in [0.2, 0.25) is 25.7 Å². The fraction of sp³-hybridized carbons (Fsp3) is 0.833. The largest absolute Gasteiger partial charge is 0.450 e. The highest BCUT2D eigenvalue weighted by atomic mass is 28.3. The molecule has 5 heteroatoms. The minimum absolute atomic E-state index is 0.167. The third kappa shape index (κ3) is 3.21. The number of nitrogens with one attached hydrogen (secondary N) is 1. The van der Waals surface area contributed by atoms with E-state index in [2.05, 4.69) is 31.5 Å². The monoisotopic (exact) mass is 339 g/mol. The fourth-order valence-corrected chi connectivity index (χ4v) is 5.91. The van der Waals surface area contributed by atoms with Crippen LogP contribution in [0.5, 0.6) is 0 Å². The Kier molecular flexibility index (Phi) is 4.14. The number of hydrogen-bond donors (Lipinski definition) is 1. The zero-order valence-corrected chi connectivity index (χ0v) is 15.7. The lowest BCUT2D eigenvalue weighted by Crippen LogP contribution is -2.68. The first-order valence-electron chi connectivity index (χ1n) is 8.93. The lowest BCUT2D eigenvalue weighted by Gasteiger charge is -2.62. The summed E-state index contributed by atoms with van der Waals surface area (Å²) in [4.78, 5) is 12.3. The van der Waals surface area contributed by atoms with Crippen molar-refractivity contribution in [3.05, 3.63) is 12.7 Å². The van der Waals surface area contributed by atoms with Gasteiger partial charge in [-0.25, -0.2) is 9.18 Å². The normalized spacial score (nSPS) is 41.7. The Balaban J connectivity index is 1.65. The van der Waals surface area contributed by atoms with E-state index in [1.54, 1.807) is 0 Å². The Labute approximate surface area is 140 Å². The smallest absolute Gasteiger partial charge is 0.407 e. The molecule has 4 fully saturated rings. The van der Waals surface area contributed by atoms with Crippen molar-refractivity contribution in [2.45, 2.75) is 69.0 Å².